The Bertz CT molecular complexity index is 1740. The fraction of sp³-hybridized carbons (Fsp3) is 0.0333. The van der Waals surface area contributed by atoms with Crippen molar-refractivity contribution in [3.05, 3.63) is 124 Å². The van der Waals surface area contributed by atoms with E-state index in [9.17, 15) is 15.0 Å². The fourth-order valence-corrected chi connectivity index (χ4v) is 3.90. The Morgan fingerprint density at radius 1 is 0.889 bits per heavy atom. The molecule has 0 bridgehead atoms. The van der Waals surface area contributed by atoms with Crippen molar-refractivity contribution in [2.75, 3.05) is 0 Å². The summed E-state index contributed by atoms with van der Waals surface area (Å²) < 4.78 is 1.55. The highest BCUT2D eigenvalue weighted by Gasteiger charge is 2.13. The van der Waals surface area contributed by atoms with Crippen molar-refractivity contribution in [2.45, 2.75) is 6.92 Å². The molecule has 174 valence electrons. The van der Waals surface area contributed by atoms with Crippen LogP contribution in [0.15, 0.2) is 90.0 Å². The van der Waals surface area contributed by atoms with E-state index in [-0.39, 0.29) is 17.1 Å². The number of phenols is 2. The van der Waals surface area contributed by atoms with Gasteiger partial charge in [0, 0.05) is 29.1 Å². The van der Waals surface area contributed by atoms with E-state index in [1.54, 1.807) is 47.3 Å². The molecule has 5 rings (SSSR count). The predicted octanol–water partition coefficient (Wildman–Crippen LogP) is 5.07. The van der Waals surface area contributed by atoms with Gasteiger partial charge in [0.2, 0.25) is 0 Å². The maximum absolute atomic E-state index is 13.6. The van der Waals surface area contributed by atoms with Crippen molar-refractivity contribution in [3.8, 4) is 29.0 Å². The smallest absolute Gasteiger partial charge is 0.266 e. The third-order valence-electron chi connectivity index (χ3n) is 5.68. The standard InChI is InChI=1S/C30H21N3O3/c1-20-17-21(8-9-22-5-4-16-31-19-22)10-13-27(20)33-29(15-11-23-18-24(34)12-14-28(23)35)32-26-7-3-2-6-25(26)30(33)36/h2-7,10-19,34-35H,1H3. The van der Waals surface area contributed by atoms with Crippen LogP contribution >= 0.6 is 0 Å². The lowest BCUT2D eigenvalue weighted by Gasteiger charge is -2.14. The molecule has 5 aromatic rings. The second kappa shape index (κ2) is 9.61. The first kappa shape index (κ1) is 22.6. The minimum absolute atomic E-state index is 0.00598. The van der Waals surface area contributed by atoms with Crippen LogP contribution in [0.3, 0.4) is 0 Å². The quantitative estimate of drug-likeness (QED) is 0.283. The van der Waals surface area contributed by atoms with Crippen molar-refractivity contribution < 1.29 is 10.2 Å². The monoisotopic (exact) mass is 471 g/mol. The summed E-state index contributed by atoms with van der Waals surface area (Å²) in [5.74, 6) is 6.65. The van der Waals surface area contributed by atoms with Gasteiger partial charge in [0.05, 0.1) is 16.6 Å². The average Bonchev–Trinajstić information content (AvgIpc) is 2.89. The molecule has 0 amide bonds. The van der Waals surface area contributed by atoms with E-state index in [1.807, 2.05) is 43.3 Å². The molecule has 0 atom stereocenters. The maximum atomic E-state index is 13.6. The van der Waals surface area contributed by atoms with Gasteiger partial charge in [0.15, 0.2) is 0 Å². The SMILES string of the molecule is Cc1cc(C#Cc2cccnc2)ccc1-n1c(C=Cc2cc(O)ccc2O)nc2ccccc2c1=O. The predicted molar refractivity (Wildman–Crippen MR) is 141 cm³/mol. The number of aromatic hydroxyl groups is 2. The van der Waals surface area contributed by atoms with Crippen LogP contribution in [-0.4, -0.2) is 24.7 Å². The minimum Gasteiger partial charge on any atom is -0.508 e. The largest absolute Gasteiger partial charge is 0.508 e. The van der Waals surface area contributed by atoms with Crippen LogP contribution in [0, 0.1) is 18.8 Å². The number of aromatic nitrogens is 3. The summed E-state index contributed by atoms with van der Waals surface area (Å²) in [6.07, 6.45) is 6.67. The first-order valence-corrected chi connectivity index (χ1v) is 11.2. The highest BCUT2D eigenvalue weighted by Crippen LogP contribution is 2.25. The summed E-state index contributed by atoms with van der Waals surface area (Å²) in [6, 6.07) is 20.8. The molecule has 0 saturated carbocycles. The molecule has 6 nitrogen and oxygen atoms in total. The zero-order valence-corrected chi connectivity index (χ0v) is 19.4. The minimum atomic E-state index is -0.210. The molecule has 0 saturated heterocycles. The molecule has 0 fully saturated rings. The van der Waals surface area contributed by atoms with Crippen LogP contribution < -0.4 is 5.56 Å². The van der Waals surface area contributed by atoms with Crippen molar-refractivity contribution in [1.29, 1.82) is 0 Å². The van der Waals surface area contributed by atoms with Gasteiger partial charge >= 0.3 is 0 Å². The molecule has 3 aromatic carbocycles. The lowest BCUT2D eigenvalue weighted by molar-refractivity contribution is 0.459. The van der Waals surface area contributed by atoms with E-state index < -0.39 is 0 Å². The number of aryl methyl sites for hydroxylation is 1. The Morgan fingerprint density at radius 3 is 2.53 bits per heavy atom. The molecule has 2 N–H and O–H groups in total. The number of phenolic OH excluding ortho intramolecular Hbond substituents is 2. The summed E-state index contributed by atoms with van der Waals surface area (Å²) in [7, 11) is 0. The van der Waals surface area contributed by atoms with Gasteiger partial charge in [0.25, 0.3) is 5.56 Å². The second-order valence-corrected chi connectivity index (χ2v) is 8.20. The van der Waals surface area contributed by atoms with Crippen LogP contribution in [0.2, 0.25) is 0 Å². The summed E-state index contributed by atoms with van der Waals surface area (Å²) >= 11 is 0. The van der Waals surface area contributed by atoms with E-state index in [2.05, 4.69) is 16.8 Å². The molecule has 0 aliphatic rings. The van der Waals surface area contributed by atoms with E-state index >= 15 is 0 Å². The highest BCUT2D eigenvalue weighted by molar-refractivity contribution is 5.80. The number of para-hydroxylation sites is 1. The molecule has 0 radical (unpaired) electrons. The van der Waals surface area contributed by atoms with E-state index in [0.717, 1.165) is 16.7 Å². The van der Waals surface area contributed by atoms with Crippen LogP contribution in [0.4, 0.5) is 0 Å². The molecule has 0 spiro atoms. The van der Waals surface area contributed by atoms with Gasteiger partial charge in [-0.15, -0.1) is 0 Å². The molecule has 0 aliphatic carbocycles. The summed E-state index contributed by atoms with van der Waals surface area (Å²) in [6.45, 7) is 1.92. The van der Waals surface area contributed by atoms with Crippen molar-refractivity contribution in [1.82, 2.24) is 14.5 Å². The van der Waals surface area contributed by atoms with Gasteiger partial charge in [-0.2, -0.15) is 0 Å². The highest BCUT2D eigenvalue weighted by atomic mass is 16.3. The van der Waals surface area contributed by atoms with Crippen molar-refractivity contribution in [3.63, 3.8) is 0 Å². The Hall–Kier alpha value is -5.15. The van der Waals surface area contributed by atoms with E-state index in [4.69, 9.17) is 4.98 Å². The van der Waals surface area contributed by atoms with Gasteiger partial charge in [-0.1, -0.05) is 24.0 Å². The third-order valence-corrected chi connectivity index (χ3v) is 5.68. The molecule has 0 unspecified atom stereocenters. The Kier molecular flexibility index (Phi) is 6.04. The molecule has 0 aliphatic heterocycles. The molecular weight excluding hydrogens is 450 g/mol. The van der Waals surface area contributed by atoms with Gasteiger partial charge < -0.3 is 10.2 Å². The lowest BCUT2D eigenvalue weighted by atomic mass is 10.1. The summed E-state index contributed by atoms with van der Waals surface area (Å²) in [5.41, 5.74) is 3.90. The summed E-state index contributed by atoms with van der Waals surface area (Å²) in [4.78, 5) is 22.4. The Labute approximate surface area is 207 Å². The molecule has 2 aromatic heterocycles. The summed E-state index contributed by atoms with van der Waals surface area (Å²) in [5, 5.41) is 20.5. The number of fused-ring (bicyclic) bond motifs is 1. The van der Waals surface area contributed by atoms with E-state index in [0.29, 0.717) is 28.0 Å². The third kappa shape index (κ3) is 4.59. The van der Waals surface area contributed by atoms with Crippen LogP contribution in [0.1, 0.15) is 28.1 Å². The zero-order chi connectivity index (χ0) is 25.1. The van der Waals surface area contributed by atoms with Gasteiger partial charge in [-0.3, -0.25) is 14.3 Å². The molecule has 2 heterocycles. The number of pyridine rings is 1. The normalized spacial score (nSPS) is 10.9. The van der Waals surface area contributed by atoms with Crippen LogP contribution in [-0.2, 0) is 0 Å². The number of rotatable bonds is 3. The molecule has 6 heteroatoms. The number of hydrogen-bond acceptors (Lipinski definition) is 5. The topological polar surface area (TPSA) is 88.2 Å². The van der Waals surface area contributed by atoms with Gasteiger partial charge in [-0.25, -0.2) is 4.98 Å². The molecule has 36 heavy (non-hydrogen) atoms. The number of benzene rings is 3. The van der Waals surface area contributed by atoms with Gasteiger partial charge in [0.1, 0.15) is 17.3 Å². The van der Waals surface area contributed by atoms with Crippen molar-refractivity contribution in [2.24, 2.45) is 0 Å². The first-order chi connectivity index (χ1) is 17.5. The van der Waals surface area contributed by atoms with Crippen molar-refractivity contribution >= 4 is 23.1 Å². The molecular formula is C30H21N3O3. The lowest BCUT2D eigenvalue weighted by Crippen LogP contribution is -2.23. The Balaban J connectivity index is 1.63. The second-order valence-electron chi connectivity index (χ2n) is 8.20. The number of hydrogen-bond donors (Lipinski definition) is 2. The average molecular weight is 472 g/mol. The van der Waals surface area contributed by atoms with Crippen LogP contribution in [0.25, 0.3) is 28.7 Å². The Morgan fingerprint density at radius 2 is 1.72 bits per heavy atom. The zero-order valence-electron chi connectivity index (χ0n) is 19.4. The van der Waals surface area contributed by atoms with E-state index in [1.165, 1.54) is 18.2 Å². The number of nitrogens with zero attached hydrogens (tertiary/aromatic N) is 3. The van der Waals surface area contributed by atoms with Gasteiger partial charge in [-0.05, 0) is 85.3 Å². The maximum Gasteiger partial charge on any atom is 0.266 e. The first-order valence-electron chi connectivity index (χ1n) is 11.2. The van der Waals surface area contributed by atoms with Crippen LogP contribution in [0.5, 0.6) is 11.5 Å². The fourth-order valence-electron chi connectivity index (χ4n) is 3.90.